The lowest BCUT2D eigenvalue weighted by molar-refractivity contribution is -0.139. The first-order chi connectivity index (χ1) is 12.0. The van der Waals surface area contributed by atoms with Gasteiger partial charge in [0.1, 0.15) is 18.6 Å². The second-order valence-corrected chi connectivity index (χ2v) is 6.68. The highest BCUT2D eigenvalue weighted by atomic mass is 32.1. The third-order valence-corrected chi connectivity index (χ3v) is 3.72. The van der Waals surface area contributed by atoms with Crippen LogP contribution in [0.2, 0.25) is 0 Å². The molecule has 0 aliphatic rings. The Labute approximate surface area is 157 Å². The molecule has 0 aromatic heterocycles. The maximum absolute atomic E-state index is 12.3. The van der Waals surface area contributed by atoms with Gasteiger partial charge in [-0.05, 0) is 19.3 Å². The van der Waals surface area contributed by atoms with Crippen LogP contribution in [0.1, 0.15) is 27.2 Å². The minimum atomic E-state index is -1.38. The number of aliphatic carboxylic acids is 1. The van der Waals surface area contributed by atoms with Crippen molar-refractivity contribution in [3.63, 3.8) is 0 Å². The number of nitrogens with two attached hydrogens (primary N) is 1. The van der Waals surface area contributed by atoms with Crippen LogP contribution in [0.3, 0.4) is 0 Å². The van der Waals surface area contributed by atoms with E-state index in [1.54, 1.807) is 0 Å². The third kappa shape index (κ3) is 9.02. The van der Waals surface area contributed by atoms with Crippen LogP contribution in [0.15, 0.2) is 0 Å². The number of nitrogens with one attached hydrogen (secondary N) is 3. The molecular formula is C15H28N4O6S. The average Bonchev–Trinajstić information content (AvgIpc) is 2.53. The van der Waals surface area contributed by atoms with Crippen molar-refractivity contribution in [2.75, 3.05) is 12.3 Å². The van der Waals surface area contributed by atoms with Gasteiger partial charge in [0.15, 0.2) is 0 Å². The van der Waals surface area contributed by atoms with Crippen LogP contribution in [0, 0.1) is 5.92 Å². The highest BCUT2D eigenvalue weighted by molar-refractivity contribution is 7.80. The maximum atomic E-state index is 12.3. The number of carboxylic acid groups (broad SMARTS) is 1. The molecule has 26 heavy (non-hydrogen) atoms. The van der Waals surface area contributed by atoms with Gasteiger partial charge in [-0.25, -0.2) is 0 Å². The Morgan fingerprint density at radius 3 is 2.04 bits per heavy atom. The van der Waals surface area contributed by atoms with E-state index >= 15 is 0 Å². The lowest BCUT2D eigenvalue weighted by Crippen LogP contribution is -2.59. The molecule has 0 aliphatic carbocycles. The standard InChI is InChI=1S/C15H28N4O6S/c1-7(2)4-9(16)13(23)18-10(6-26)14(24)19-12(8(3)20)15(25)17-5-11(21)22/h7-10,12,20,26H,4-6,16H2,1-3H3,(H,17,25)(H,18,23)(H,19,24)(H,21,22). The first-order valence-corrected chi connectivity index (χ1v) is 8.77. The molecule has 4 unspecified atom stereocenters. The molecule has 4 atom stereocenters. The SMILES string of the molecule is CC(C)CC(N)C(=O)NC(CS)C(=O)NC(C(=O)NCC(=O)O)C(C)O. The maximum Gasteiger partial charge on any atom is 0.322 e. The quantitative estimate of drug-likeness (QED) is 0.196. The number of thiol groups is 1. The average molecular weight is 392 g/mol. The minimum Gasteiger partial charge on any atom is -0.480 e. The number of carbonyl (C=O) groups is 4. The lowest BCUT2D eigenvalue weighted by atomic mass is 10.0. The van der Waals surface area contributed by atoms with Crippen molar-refractivity contribution in [2.24, 2.45) is 11.7 Å². The number of amides is 3. The fourth-order valence-electron chi connectivity index (χ4n) is 2.02. The van der Waals surface area contributed by atoms with Crippen LogP contribution < -0.4 is 21.7 Å². The minimum absolute atomic E-state index is 0.0603. The van der Waals surface area contributed by atoms with Gasteiger partial charge in [0.25, 0.3) is 0 Å². The second-order valence-electron chi connectivity index (χ2n) is 6.32. The van der Waals surface area contributed by atoms with Crippen LogP contribution in [0.4, 0.5) is 0 Å². The van der Waals surface area contributed by atoms with Crippen molar-refractivity contribution in [3.05, 3.63) is 0 Å². The summed E-state index contributed by atoms with van der Waals surface area (Å²) >= 11 is 4.00. The van der Waals surface area contributed by atoms with E-state index in [-0.39, 0.29) is 11.7 Å². The van der Waals surface area contributed by atoms with E-state index in [1.807, 2.05) is 13.8 Å². The van der Waals surface area contributed by atoms with Gasteiger partial charge in [-0.1, -0.05) is 13.8 Å². The Kier molecular flexibility index (Phi) is 10.9. The molecule has 0 heterocycles. The molecule has 0 bridgehead atoms. The normalized spacial score (nSPS) is 15.5. The highest BCUT2D eigenvalue weighted by Gasteiger charge is 2.30. The fourth-order valence-corrected chi connectivity index (χ4v) is 2.28. The first kappa shape index (κ1) is 24.1. The van der Waals surface area contributed by atoms with Gasteiger partial charge in [-0.15, -0.1) is 0 Å². The Morgan fingerprint density at radius 2 is 1.62 bits per heavy atom. The van der Waals surface area contributed by atoms with Gasteiger partial charge < -0.3 is 31.9 Å². The molecule has 0 aromatic carbocycles. The summed E-state index contributed by atoms with van der Waals surface area (Å²) in [5.41, 5.74) is 5.76. The molecule has 0 saturated heterocycles. The summed E-state index contributed by atoms with van der Waals surface area (Å²) in [7, 11) is 0. The van der Waals surface area contributed by atoms with E-state index in [9.17, 15) is 24.3 Å². The smallest absolute Gasteiger partial charge is 0.322 e. The lowest BCUT2D eigenvalue weighted by Gasteiger charge is -2.24. The van der Waals surface area contributed by atoms with Crippen molar-refractivity contribution in [1.82, 2.24) is 16.0 Å². The van der Waals surface area contributed by atoms with Crippen molar-refractivity contribution in [2.45, 2.75) is 51.4 Å². The zero-order valence-electron chi connectivity index (χ0n) is 15.1. The summed E-state index contributed by atoms with van der Waals surface area (Å²) < 4.78 is 0. The van der Waals surface area contributed by atoms with Crippen molar-refractivity contribution in [3.8, 4) is 0 Å². The number of hydrogen-bond donors (Lipinski definition) is 7. The van der Waals surface area contributed by atoms with E-state index in [2.05, 4.69) is 28.6 Å². The summed E-state index contributed by atoms with van der Waals surface area (Å²) in [5.74, 6) is -3.28. The second kappa shape index (κ2) is 11.7. The molecule has 7 N–H and O–H groups in total. The Bertz CT molecular complexity index is 514. The number of aliphatic hydroxyl groups excluding tert-OH is 1. The summed E-state index contributed by atoms with van der Waals surface area (Å²) in [5, 5.41) is 25.0. The van der Waals surface area contributed by atoms with Crippen LogP contribution in [-0.2, 0) is 19.2 Å². The largest absolute Gasteiger partial charge is 0.480 e. The number of carboxylic acids is 1. The predicted molar refractivity (Wildman–Crippen MR) is 97.5 cm³/mol. The zero-order chi connectivity index (χ0) is 20.4. The summed E-state index contributed by atoms with van der Waals surface area (Å²) in [6.45, 7) is 4.41. The van der Waals surface area contributed by atoms with E-state index in [1.165, 1.54) is 6.92 Å². The van der Waals surface area contributed by atoms with E-state index in [0.717, 1.165) is 0 Å². The molecule has 0 radical (unpaired) electrons. The van der Waals surface area contributed by atoms with Gasteiger partial charge in [0.2, 0.25) is 17.7 Å². The Hall–Kier alpha value is -1.85. The molecule has 11 heteroatoms. The molecule has 0 spiro atoms. The Balaban J connectivity index is 4.89. The molecular weight excluding hydrogens is 364 g/mol. The first-order valence-electron chi connectivity index (χ1n) is 8.14. The van der Waals surface area contributed by atoms with E-state index in [4.69, 9.17) is 10.8 Å². The number of aliphatic hydroxyl groups is 1. The van der Waals surface area contributed by atoms with E-state index in [0.29, 0.717) is 6.42 Å². The summed E-state index contributed by atoms with van der Waals surface area (Å²) in [6.07, 6.45) is -0.854. The van der Waals surface area contributed by atoms with Crippen LogP contribution in [0.25, 0.3) is 0 Å². The van der Waals surface area contributed by atoms with Crippen molar-refractivity contribution < 1.29 is 29.4 Å². The van der Waals surface area contributed by atoms with Crippen LogP contribution in [-0.4, -0.2) is 70.4 Å². The predicted octanol–water partition coefficient (Wildman–Crippen LogP) is -2.16. The summed E-state index contributed by atoms with van der Waals surface area (Å²) in [4.78, 5) is 46.7. The van der Waals surface area contributed by atoms with Gasteiger partial charge in [0.05, 0.1) is 12.1 Å². The van der Waals surface area contributed by atoms with E-state index < -0.39 is 54.5 Å². The molecule has 0 saturated carbocycles. The molecule has 10 nitrogen and oxygen atoms in total. The number of hydrogen-bond acceptors (Lipinski definition) is 7. The number of carbonyl (C=O) groups excluding carboxylic acids is 3. The van der Waals surface area contributed by atoms with Gasteiger partial charge in [-0.3, -0.25) is 19.2 Å². The van der Waals surface area contributed by atoms with Gasteiger partial charge in [0, 0.05) is 5.75 Å². The van der Waals surface area contributed by atoms with Gasteiger partial charge in [-0.2, -0.15) is 12.6 Å². The van der Waals surface area contributed by atoms with Crippen LogP contribution >= 0.6 is 12.6 Å². The molecule has 0 aromatic rings. The van der Waals surface area contributed by atoms with Crippen molar-refractivity contribution >= 4 is 36.3 Å². The third-order valence-electron chi connectivity index (χ3n) is 3.35. The monoisotopic (exact) mass is 392 g/mol. The fraction of sp³-hybridized carbons (Fsp3) is 0.733. The van der Waals surface area contributed by atoms with Gasteiger partial charge >= 0.3 is 5.97 Å². The Morgan fingerprint density at radius 1 is 1.04 bits per heavy atom. The highest BCUT2D eigenvalue weighted by Crippen LogP contribution is 2.03. The summed E-state index contributed by atoms with van der Waals surface area (Å²) in [6, 6.07) is -3.25. The zero-order valence-corrected chi connectivity index (χ0v) is 16.0. The number of rotatable bonds is 11. The molecule has 0 aliphatic heterocycles. The van der Waals surface area contributed by atoms with Crippen LogP contribution in [0.5, 0.6) is 0 Å². The topological polar surface area (TPSA) is 171 Å². The molecule has 3 amide bonds. The van der Waals surface area contributed by atoms with Crippen molar-refractivity contribution in [1.29, 1.82) is 0 Å². The molecule has 150 valence electrons. The molecule has 0 rings (SSSR count). The molecule has 0 fully saturated rings.